The smallest absolute Gasteiger partial charge is 0.159 e. The first-order valence-electron chi connectivity index (χ1n) is 6.89. The summed E-state index contributed by atoms with van der Waals surface area (Å²) in [7, 11) is 0. The third-order valence-corrected chi connectivity index (χ3v) is 3.61. The van der Waals surface area contributed by atoms with E-state index in [2.05, 4.69) is 12.1 Å². The third kappa shape index (κ3) is 2.81. The molecule has 3 rings (SSSR count). The van der Waals surface area contributed by atoms with Gasteiger partial charge in [0, 0.05) is 18.3 Å². The molecule has 0 saturated heterocycles. The highest BCUT2D eigenvalue weighted by molar-refractivity contribution is 5.81. The fourth-order valence-electron chi connectivity index (χ4n) is 2.54. The molecule has 2 N–H and O–H groups in total. The highest BCUT2D eigenvalue weighted by Gasteiger charge is 2.06. The predicted molar refractivity (Wildman–Crippen MR) is 80.2 cm³/mol. The van der Waals surface area contributed by atoms with Crippen molar-refractivity contribution in [2.45, 2.75) is 13.0 Å². The van der Waals surface area contributed by atoms with Crippen LogP contribution in [-0.4, -0.2) is 11.1 Å². The first-order valence-corrected chi connectivity index (χ1v) is 6.89. The van der Waals surface area contributed by atoms with E-state index in [0.717, 1.165) is 29.0 Å². The molecule has 1 aromatic heterocycles. The van der Waals surface area contributed by atoms with Crippen LogP contribution in [-0.2, 0) is 13.0 Å². The highest BCUT2D eigenvalue weighted by atomic mass is 19.2. The second-order valence-electron chi connectivity index (χ2n) is 5.12. The molecule has 4 heteroatoms. The molecule has 0 radical (unpaired) electrons. The lowest BCUT2D eigenvalue weighted by atomic mass is 10.1. The van der Waals surface area contributed by atoms with Gasteiger partial charge < -0.3 is 10.3 Å². The van der Waals surface area contributed by atoms with Gasteiger partial charge >= 0.3 is 0 Å². The number of hydrogen-bond acceptors (Lipinski definition) is 1. The number of benzene rings is 2. The molecule has 0 spiro atoms. The van der Waals surface area contributed by atoms with Crippen LogP contribution >= 0.6 is 0 Å². The van der Waals surface area contributed by atoms with Gasteiger partial charge in [-0.1, -0.05) is 12.1 Å². The highest BCUT2D eigenvalue weighted by Crippen LogP contribution is 2.20. The van der Waals surface area contributed by atoms with Crippen molar-refractivity contribution in [3.63, 3.8) is 0 Å². The Kier molecular flexibility index (Phi) is 3.71. The fourth-order valence-corrected chi connectivity index (χ4v) is 2.54. The monoisotopic (exact) mass is 286 g/mol. The molecule has 0 amide bonds. The van der Waals surface area contributed by atoms with E-state index in [9.17, 15) is 8.78 Å². The number of nitrogens with zero attached hydrogens (tertiary/aromatic N) is 1. The van der Waals surface area contributed by atoms with Crippen LogP contribution in [0, 0.1) is 11.6 Å². The maximum absolute atomic E-state index is 13.3. The molecule has 2 aromatic carbocycles. The molecule has 0 fully saturated rings. The fraction of sp³-hybridized carbons (Fsp3) is 0.176. The number of rotatable bonds is 4. The van der Waals surface area contributed by atoms with Gasteiger partial charge in [-0.3, -0.25) is 0 Å². The SMILES string of the molecule is NCCc1ccc2c(ccn2Cc2ccc(F)c(F)c2)c1. The molecule has 0 aliphatic rings. The van der Waals surface area contributed by atoms with Crippen LogP contribution < -0.4 is 5.73 Å². The standard InChI is InChI=1S/C17H16F2N2/c18-15-3-1-13(10-16(15)19)11-21-8-6-14-9-12(5-7-20)2-4-17(14)21/h1-4,6,8-10H,5,7,11,20H2. The average Bonchev–Trinajstić information content (AvgIpc) is 2.86. The second-order valence-corrected chi connectivity index (χ2v) is 5.12. The molecule has 21 heavy (non-hydrogen) atoms. The van der Waals surface area contributed by atoms with Crippen LogP contribution in [0.4, 0.5) is 8.78 Å². The number of halogens is 2. The average molecular weight is 286 g/mol. The van der Waals surface area contributed by atoms with Gasteiger partial charge in [-0.05, 0) is 59.8 Å². The summed E-state index contributed by atoms with van der Waals surface area (Å²) < 4.78 is 28.2. The van der Waals surface area contributed by atoms with E-state index in [-0.39, 0.29) is 0 Å². The number of fused-ring (bicyclic) bond motifs is 1. The van der Waals surface area contributed by atoms with Gasteiger partial charge in [0.25, 0.3) is 0 Å². The lowest BCUT2D eigenvalue weighted by molar-refractivity contribution is 0.506. The van der Waals surface area contributed by atoms with Crippen molar-refractivity contribution in [1.82, 2.24) is 4.57 Å². The van der Waals surface area contributed by atoms with Crippen molar-refractivity contribution in [3.8, 4) is 0 Å². The summed E-state index contributed by atoms with van der Waals surface area (Å²) in [6, 6.07) is 12.2. The number of aromatic nitrogens is 1. The van der Waals surface area contributed by atoms with Gasteiger partial charge in [0.1, 0.15) is 0 Å². The van der Waals surface area contributed by atoms with E-state index in [1.807, 2.05) is 22.9 Å². The summed E-state index contributed by atoms with van der Waals surface area (Å²) in [4.78, 5) is 0. The van der Waals surface area contributed by atoms with Gasteiger partial charge in [-0.15, -0.1) is 0 Å². The van der Waals surface area contributed by atoms with Crippen molar-refractivity contribution in [2.24, 2.45) is 5.73 Å². The Balaban J connectivity index is 1.91. The normalized spacial score (nSPS) is 11.2. The molecule has 3 aromatic rings. The van der Waals surface area contributed by atoms with Crippen molar-refractivity contribution >= 4 is 10.9 Å². The molecule has 0 aliphatic heterocycles. The largest absolute Gasteiger partial charge is 0.343 e. The van der Waals surface area contributed by atoms with E-state index in [1.165, 1.54) is 11.6 Å². The Morgan fingerprint density at radius 2 is 1.71 bits per heavy atom. The number of hydrogen-bond donors (Lipinski definition) is 1. The van der Waals surface area contributed by atoms with Crippen LogP contribution in [0.2, 0.25) is 0 Å². The topological polar surface area (TPSA) is 30.9 Å². The summed E-state index contributed by atoms with van der Waals surface area (Å²) in [5.41, 5.74) is 8.57. The molecule has 0 aliphatic carbocycles. The van der Waals surface area contributed by atoms with Gasteiger partial charge in [0.15, 0.2) is 11.6 Å². The molecule has 1 heterocycles. The first-order chi connectivity index (χ1) is 10.2. The predicted octanol–water partition coefficient (Wildman–Crippen LogP) is 3.47. The Labute approximate surface area is 121 Å². The minimum Gasteiger partial charge on any atom is -0.343 e. The molecular formula is C17H16F2N2. The number of nitrogens with two attached hydrogens (primary N) is 1. The molecule has 0 atom stereocenters. The molecule has 2 nitrogen and oxygen atoms in total. The Hall–Kier alpha value is -2.20. The summed E-state index contributed by atoms with van der Waals surface area (Å²) in [5, 5.41) is 1.13. The van der Waals surface area contributed by atoms with Gasteiger partial charge in [-0.2, -0.15) is 0 Å². The lowest BCUT2D eigenvalue weighted by Crippen LogP contribution is -2.02. The van der Waals surface area contributed by atoms with E-state index in [4.69, 9.17) is 5.73 Å². The van der Waals surface area contributed by atoms with Crippen LogP contribution in [0.5, 0.6) is 0 Å². The zero-order valence-corrected chi connectivity index (χ0v) is 11.5. The zero-order chi connectivity index (χ0) is 14.8. The van der Waals surface area contributed by atoms with Gasteiger partial charge in [-0.25, -0.2) is 8.78 Å². The molecular weight excluding hydrogens is 270 g/mol. The zero-order valence-electron chi connectivity index (χ0n) is 11.5. The van der Waals surface area contributed by atoms with E-state index < -0.39 is 11.6 Å². The Bertz CT molecular complexity index is 778. The van der Waals surface area contributed by atoms with Crippen molar-refractivity contribution in [1.29, 1.82) is 0 Å². The maximum atomic E-state index is 13.3. The summed E-state index contributed by atoms with van der Waals surface area (Å²) >= 11 is 0. The minimum absolute atomic E-state index is 0.511. The molecule has 0 bridgehead atoms. The van der Waals surface area contributed by atoms with Crippen LogP contribution in [0.3, 0.4) is 0 Å². The van der Waals surface area contributed by atoms with E-state index in [0.29, 0.717) is 13.1 Å². The minimum atomic E-state index is -0.817. The van der Waals surface area contributed by atoms with Gasteiger partial charge in [0.05, 0.1) is 0 Å². The van der Waals surface area contributed by atoms with Crippen molar-refractivity contribution in [3.05, 3.63) is 71.4 Å². The Morgan fingerprint density at radius 3 is 2.48 bits per heavy atom. The van der Waals surface area contributed by atoms with Crippen LogP contribution in [0.15, 0.2) is 48.7 Å². The van der Waals surface area contributed by atoms with Crippen molar-refractivity contribution < 1.29 is 8.78 Å². The molecule has 0 unspecified atom stereocenters. The lowest BCUT2D eigenvalue weighted by Gasteiger charge is -2.07. The van der Waals surface area contributed by atoms with Crippen molar-refractivity contribution in [2.75, 3.05) is 6.54 Å². The summed E-state index contributed by atoms with van der Waals surface area (Å²) in [5.74, 6) is -1.63. The van der Waals surface area contributed by atoms with Crippen LogP contribution in [0.1, 0.15) is 11.1 Å². The maximum Gasteiger partial charge on any atom is 0.159 e. The third-order valence-electron chi connectivity index (χ3n) is 3.61. The van der Waals surface area contributed by atoms with E-state index >= 15 is 0 Å². The molecule has 108 valence electrons. The second kappa shape index (κ2) is 5.66. The van der Waals surface area contributed by atoms with Crippen LogP contribution in [0.25, 0.3) is 10.9 Å². The summed E-state index contributed by atoms with van der Waals surface area (Å²) in [6.45, 7) is 1.14. The van der Waals surface area contributed by atoms with E-state index in [1.54, 1.807) is 6.07 Å². The first kappa shape index (κ1) is 13.8. The quantitative estimate of drug-likeness (QED) is 0.782. The summed E-state index contributed by atoms with van der Waals surface area (Å²) in [6.07, 6.45) is 2.81. The van der Waals surface area contributed by atoms with Gasteiger partial charge in [0.2, 0.25) is 0 Å². The Morgan fingerprint density at radius 1 is 0.905 bits per heavy atom. The molecule has 0 saturated carbocycles.